The van der Waals surface area contributed by atoms with Gasteiger partial charge in [-0.3, -0.25) is 4.79 Å². The van der Waals surface area contributed by atoms with Crippen molar-refractivity contribution in [3.05, 3.63) is 0 Å². The maximum atomic E-state index is 10.6. The zero-order valence-corrected chi connectivity index (χ0v) is 6.93. The van der Waals surface area contributed by atoms with Crippen LogP contribution in [0.15, 0.2) is 0 Å². The van der Waals surface area contributed by atoms with Gasteiger partial charge >= 0.3 is 0 Å². The highest BCUT2D eigenvalue weighted by molar-refractivity contribution is 5.74. The van der Waals surface area contributed by atoms with Crippen LogP contribution in [0.2, 0.25) is 0 Å². The van der Waals surface area contributed by atoms with E-state index in [9.17, 15) is 4.79 Å². The molecule has 0 bridgehead atoms. The van der Waals surface area contributed by atoms with Crippen LogP contribution in [0.25, 0.3) is 0 Å². The molecule has 0 aromatic carbocycles. The fourth-order valence-corrected chi connectivity index (χ4v) is 1.55. The standard InChI is InChI=1S/C8H15NO2/c1-8(5-7(9)10)3-2-4-11-6-8/h2-6H2,1H3,(H2,9,10)/t8-/m1/s1. The molecule has 1 heterocycles. The zero-order valence-electron chi connectivity index (χ0n) is 6.93. The summed E-state index contributed by atoms with van der Waals surface area (Å²) in [6.45, 7) is 3.56. The Morgan fingerprint density at radius 3 is 2.91 bits per heavy atom. The quantitative estimate of drug-likeness (QED) is 0.640. The van der Waals surface area contributed by atoms with Crippen molar-refractivity contribution < 1.29 is 9.53 Å². The molecule has 1 rings (SSSR count). The minimum Gasteiger partial charge on any atom is -0.381 e. The molecule has 1 atom stereocenters. The predicted octanol–water partition coefficient (Wildman–Crippen LogP) is 0.679. The molecule has 11 heavy (non-hydrogen) atoms. The molecule has 0 spiro atoms. The normalized spacial score (nSPS) is 31.7. The number of ether oxygens (including phenoxy) is 1. The first-order chi connectivity index (χ1) is 5.12. The number of nitrogens with two attached hydrogens (primary N) is 1. The molecule has 1 fully saturated rings. The van der Waals surface area contributed by atoms with Crippen molar-refractivity contribution in [3.8, 4) is 0 Å². The van der Waals surface area contributed by atoms with Gasteiger partial charge in [0, 0.05) is 13.0 Å². The summed E-state index contributed by atoms with van der Waals surface area (Å²) >= 11 is 0. The van der Waals surface area contributed by atoms with E-state index in [-0.39, 0.29) is 11.3 Å². The number of amides is 1. The lowest BCUT2D eigenvalue weighted by Crippen LogP contribution is -2.33. The number of hydrogen-bond donors (Lipinski definition) is 1. The fraction of sp³-hybridized carbons (Fsp3) is 0.875. The van der Waals surface area contributed by atoms with Crippen molar-refractivity contribution in [1.82, 2.24) is 0 Å². The summed E-state index contributed by atoms with van der Waals surface area (Å²) in [5.41, 5.74) is 5.12. The predicted molar refractivity (Wildman–Crippen MR) is 42.0 cm³/mol. The third kappa shape index (κ3) is 2.50. The molecule has 64 valence electrons. The van der Waals surface area contributed by atoms with E-state index >= 15 is 0 Å². The molecule has 3 nitrogen and oxygen atoms in total. The van der Waals surface area contributed by atoms with Crippen molar-refractivity contribution in [2.24, 2.45) is 11.1 Å². The van der Waals surface area contributed by atoms with E-state index in [1.54, 1.807) is 0 Å². The molecule has 1 aliphatic rings. The van der Waals surface area contributed by atoms with Crippen LogP contribution < -0.4 is 5.73 Å². The molecule has 0 aliphatic carbocycles. The van der Waals surface area contributed by atoms with Crippen molar-refractivity contribution in [2.45, 2.75) is 26.2 Å². The van der Waals surface area contributed by atoms with Crippen molar-refractivity contribution in [2.75, 3.05) is 13.2 Å². The van der Waals surface area contributed by atoms with Gasteiger partial charge in [-0.05, 0) is 18.3 Å². The van der Waals surface area contributed by atoms with Crippen LogP contribution in [0, 0.1) is 5.41 Å². The fourth-order valence-electron chi connectivity index (χ4n) is 1.55. The van der Waals surface area contributed by atoms with Crippen LogP contribution in [-0.2, 0) is 9.53 Å². The van der Waals surface area contributed by atoms with E-state index in [0.717, 1.165) is 19.4 Å². The minimum absolute atomic E-state index is 0.00405. The summed E-state index contributed by atoms with van der Waals surface area (Å²) in [5, 5.41) is 0. The monoisotopic (exact) mass is 157 g/mol. The van der Waals surface area contributed by atoms with Gasteiger partial charge in [0.15, 0.2) is 0 Å². The molecule has 1 amide bonds. The summed E-state index contributed by atoms with van der Waals surface area (Å²) in [6, 6.07) is 0. The van der Waals surface area contributed by atoms with Gasteiger partial charge in [0.25, 0.3) is 0 Å². The molecule has 0 saturated carbocycles. The Bertz CT molecular complexity index is 150. The highest BCUT2D eigenvalue weighted by atomic mass is 16.5. The maximum Gasteiger partial charge on any atom is 0.218 e. The molecule has 0 unspecified atom stereocenters. The van der Waals surface area contributed by atoms with E-state index in [2.05, 4.69) is 6.92 Å². The zero-order chi connectivity index (χ0) is 8.32. The first-order valence-corrected chi connectivity index (χ1v) is 3.98. The lowest BCUT2D eigenvalue weighted by Gasteiger charge is -2.32. The van der Waals surface area contributed by atoms with E-state index in [1.807, 2.05) is 0 Å². The summed E-state index contributed by atoms with van der Waals surface area (Å²) in [7, 11) is 0. The summed E-state index contributed by atoms with van der Waals surface area (Å²) < 4.78 is 5.28. The van der Waals surface area contributed by atoms with Crippen molar-refractivity contribution in [1.29, 1.82) is 0 Å². The lowest BCUT2D eigenvalue weighted by atomic mass is 9.81. The van der Waals surface area contributed by atoms with Crippen LogP contribution in [0.1, 0.15) is 26.2 Å². The largest absolute Gasteiger partial charge is 0.381 e. The number of hydrogen-bond acceptors (Lipinski definition) is 2. The Kier molecular flexibility index (Phi) is 2.49. The van der Waals surface area contributed by atoms with Crippen LogP contribution in [0.4, 0.5) is 0 Å². The first kappa shape index (κ1) is 8.53. The SMILES string of the molecule is C[C@]1(CC(N)=O)CCCOC1. The highest BCUT2D eigenvalue weighted by Gasteiger charge is 2.29. The van der Waals surface area contributed by atoms with Gasteiger partial charge in [0.05, 0.1) is 6.61 Å². The second-order valence-corrected chi connectivity index (χ2v) is 3.61. The molecule has 0 radical (unpaired) electrons. The number of primary amides is 1. The van der Waals surface area contributed by atoms with Crippen LogP contribution in [0.5, 0.6) is 0 Å². The second-order valence-electron chi connectivity index (χ2n) is 3.61. The van der Waals surface area contributed by atoms with E-state index in [4.69, 9.17) is 10.5 Å². The van der Waals surface area contributed by atoms with Gasteiger partial charge in [-0.1, -0.05) is 6.92 Å². The third-order valence-electron chi connectivity index (χ3n) is 2.12. The summed E-state index contributed by atoms with van der Waals surface area (Å²) in [6.07, 6.45) is 2.55. The molecular weight excluding hydrogens is 142 g/mol. The van der Waals surface area contributed by atoms with Gasteiger partial charge in [0.2, 0.25) is 5.91 Å². The highest BCUT2D eigenvalue weighted by Crippen LogP contribution is 2.30. The van der Waals surface area contributed by atoms with Gasteiger partial charge in [0.1, 0.15) is 0 Å². The molecule has 1 aliphatic heterocycles. The van der Waals surface area contributed by atoms with E-state index in [1.165, 1.54) is 0 Å². The topological polar surface area (TPSA) is 52.3 Å². The van der Waals surface area contributed by atoms with Gasteiger partial charge in [-0.2, -0.15) is 0 Å². The summed E-state index contributed by atoms with van der Waals surface area (Å²) in [5.74, 6) is -0.224. The lowest BCUT2D eigenvalue weighted by molar-refractivity contribution is -0.122. The second kappa shape index (κ2) is 3.22. The van der Waals surface area contributed by atoms with E-state index < -0.39 is 0 Å². The molecule has 2 N–H and O–H groups in total. The van der Waals surface area contributed by atoms with Crippen LogP contribution in [0.3, 0.4) is 0 Å². The Morgan fingerprint density at radius 1 is 1.73 bits per heavy atom. The maximum absolute atomic E-state index is 10.6. The van der Waals surface area contributed by atoms with Crippen LogP contribution >= 0.6 is 0 Å². The molecule has 0 aromatic rings. The van der Waals surface area contributed by atoms with E-state index in [0.29, 0.717) is 13.0 Å². The first-order valence-electron chi connectivity index (χ1n) is 3.98. The Morgan fingerprint density at radius 2 is 2.45 bits per heavy atom. The van der Waals surface area contributed by atoms with Crippen molar-refractivity contribution in [3.63, 3.8) is 0 Å². The summed E-state index contributed by atoms with van der Waals surface area (Å²) in [4.78, 5) is 10.6. The van der Waals surface area contributed by atoms with Gasteiger partial charge < -0.3 is 10.5 Å². The third-order valence-corrected chi connectivity index (χ3v) is 2.12. The molecule has 3 heteroatoms. The van der Waals surface area contributed by atoms with Crippen molar-refractivity contribution >= 4 is 5.91 Å². The number of carbonyl (C=O) groups is 1. The Hall–Kier alpha value is -0.570. The van der Waals surface area contributed by atoms with Gasteiger partial charge in [-0.25, -0.2) is 0 Å². The minimum atomic E-state index is -0.224. The van der Waals surface area contributed by atoms with Gasteiger partial charge in [-0.15, -0.1) is 0 Å². The average molecular weight is 157 g/mol. The Balaban J connectivity index is 2.43. The molecule has 1 saturated heterocycles. The average Bonchev–Trinajstić information content (AvgIpc) is 1.85. The molecule has 0 aromatic heterocycles. The smallest absolute Gasteiger partial charge is 0.218 e. The number of rotatable bonds is 2. The van der Waals surface area contributed by atoms with Crippen LogP contribution in [-0.4, -0.2) is 19.1 Å². The molecular formula is C8H15NO2. The Labute approximate surface area is 66.9 Å². The number of carbonyl (C=O) groups excluding carboxylic acids is 1.